The lowest BCUT2D eigenvalue weighted by Gasteiger charge is -2.26. The highest BCUT2D eigenvalue weighted by Gasteiger charge is 2.22. The van der Waals surface area contributed by atoms with Gasteiger partial charge in [0, 0.05) is 57.2 Å². The molecule has 0 amide bonds. The Labute approximate surface area is 199 Å². The zero-order valence-electron chi connectivity index (χ0n) is 20.2. The number of fused-ring (bicyclic) bond motifs is 1. The molecule has 2 aromatic rings. The number of pyridine rings is 1. The van der Waals surface area contributed by atoms with Gasteiger partial charge in [-0.1, -0.05) is 0 Å². The molecule has 0 aliphatic carbocycles. The lowest BCUT2D eigenvalue weighted by Crippen LogP contribution is -2.39. The number of hydrogen-bond acceptors (Lipinski definition) is 8. The Bertz CT molecular complexity index is 1160. The van der Waals surface area contributed by atoms with Crippen molar-refractivity contribution in [3.8, 4) is 0 Å². The molecule has 3 aliphatic heterocycles. The van der Waals surface area contributed by atoms with Gasteiger partial charge in [-0.15, -0.1) is 0 Å². The van der Waals surface area contributed by atoms with Crippen LogP contribution in [0.1, 0.15) is 32.4 Å². The second-order valence-electron chi connectivity index (χ2n) is 9.41. The van der Waals surface area contributed by atoms with Crippen LogP contribution in [0.4, 0.5) is 5.82 Å². The molecule has 5 rings (SSSR count). The van der Waals surface area contributed by atoms with E-state index in [1.165, 1.54) is 5.57 Å². The largest absolute Gasteiger partial charge is 0.381 e. The van der Waals surface area contributed by atoms with Gasteiger partial charge in [0.1, 0.15) is 5.52 Å². The van der Waals surface area contributed by atoms with E-state index in [-0.39, 0.29) is 5.56 Å². The highest BCUT2D eigenvalue weighted by Crippen LogP contribution is 2.26. The number of anilines is 1. The predicted molar refractivity (Wildman–Crippen MR) is 134 cm³/mol. The van der Waals surface area contributed by atoms with Crippen LogP contribution in [0.15, 0.2) is 27.5 Å². The summed E-state index contributed by atoms with van der Waals surface area (Å²) >= 11 is 0. The van der Waals surface area contributed by atoms with Crippen molar-refractivity contribution >= 4 is 28.3 Å². The first-order valence-corrected chi connectivity index (χ1v) is 12.3. The first-order valence-electron chi connectivity index (χ1n) is 12.3. The molecule has 9 heteroatoms. The Hall–Kier alpha value is -2.62. The van der Waals surface area contributed by atoms with Gasteiger partial charge in [0.25, 0.3) is 5.56 Å². The van der Waals surface area contributed by atoms with E-state index in [0.29, 0.717) is 37.0 Å². The first kappa shape index (κ1) is 23.1. The molecular formula is C25H34N6O3. The molecule has 1 N–H and O–H groups in total. The number of rotatable bonds is 7. The number of aliphatic imine (C=N–C) groups is 1. The maximum atomic E-state index is 13.6. The number of nitrogens with one attached hydrogen (secondary N) is 1. The summed E-state index contributed by atoms with van der Waals surface area (Å²) in [5, 5.41) is 3.31. The summed E-state index contributed by atoms with van der Waals surface area (Å²) in [5.41, 5.74) is 5.42. The fraction of sp³-hybridized carbons (Fsp3) is 0.600. The zero-order chi connectivity index (χ0) is 23.5. The maximum Gasteiger partial charge on any atom is 0.294 e. The van der Waals surface area contributed by atoms with E-state index in [0.717, 1.165) is 81.4 Å². The Balaban J connectivity index is 1.47. The molecule has 0 atom stereocenters. The monoisotopic (exact) mass is 466 g/mol. The van der Waals surface area contributed by atoms with Gasteiger partial charge in [-0.3, -0.25) is 19.3 Å². The SMILES string of the molecule is CC1=NCC(C)=C1c1ccc2nc(NCCN3CCOCC3)c(=O)n(CC3CCOCC3)c2n1. The van der Waals surface area contributed by atoms with Crippen LogP contribution in [0.5, 0.6) is 0 Å². The lowest BCUT2D eigenvalue weighted by molar-refractivity contribution is 0.0398. The van der Waals surface area contributed by atoms with Crippen LogP contribution in [-0.2, 0) is 16.0 Å². The quantitative estimate of drug-likeness (QED) is 0.669. The zero-order valence-corrected chi connectivity index (χ0v) is 20.2. The van der Waals surface area contributed by atoms with Gasteiger partial charge in [-0.2, -0.15) is 0 Å². The van der Waals surface area contributed by atoms with E-state index in [2.05, 4.69) is 22.1 Å². The average Bonchev–Trinajstić information content (AvgIpc) is 3.20. The number of aromatic nitrogens is 3. The minimum Gasteiger partial charge on any atom is -0.381 e. The van der Waals surface area contributed by atoms with Gasteiger partial charge in [0.2, 0.25) is 0 Å². The summed E-state index contributed by atoms with van der Waals surface area (Å²) in [5.74, 6) is 0.788. The standard InChI is InChI=1S/C25H34N6O3/c1-17-15-27-18(2)22(17)20-3-4-21-24(29-20)31(16-19-5-11-33-12-6-19)25(32)23(28-21)26-7-8-30-9-13-34-14-10-30/h3-4,19H,5-16H2,1-2H3,(H,26,28). The van der Waals surface area contributed by atoms with Gasteiger partial charge in [-0.05, 0) is 50.3 Å². The molecule has 0 aromatic carbocycles. The van der Waals surface area contributed by atoms with Gasteiger partial charge in [0.05, 0.1) is 25.5 Å². The molecule has 0 spiro atoms. The molecule has 0 radical (unpaired) electrons. The van der Waals surface area contributed by atoms with Crippen molar-refractivity contribution in [2.24, 2.45) is 10.9 Å². The summed E-state index contributed by atoms with van der Waals surface area (Å²) in [7, 11) is 0. The van der Waals surface area contributed by atoms with Crippen molar-refractivity contribution in [3.05, 3.63) is 33.8 Å². The minimum absolute atomic E-state index is 0.104. The summed E-state index contributed by atoms with van der Waals surface area (Å²) in [6.45, 7) is 11.8. The molecule has 2 fully saturated rings. The van der Waals surface area contributed by atoms with E-state index in [1.807, 2.05) is 23.6 Å². The third-order valence-corrected chi connectivity index (χ3v) is 6.99. The van der Waals surface area contributed by atoms with Crippen LogP contribution in [0.2, 0.25) is 0 Å². The van der Waals surface area contributed by atoms with Crippen LogP contribution in [0, 0.1) is 5.92 Å². The van der Waals surface area contributed by atoms with Gasteiger partial charge >= 0.3 is 0 Å². The number of allylic oxidation sites excluding steroid dienone is 1. The van der Waals surface area contributed by atoms with Crippen LogP contribution < -0.4 is 10.9 Å². The molecule has 3 aliphatic rings. The maximum absolute atomic E-state index is 13.6. The van der Waals surface area contributed by atoms with Gasteiger partial charge in [-0.25, -0.2) is 9.97 Å². The van der Waals surface area contributed by atoms with Crippen LogP contribution >= 0.6 is 0 Å². The predicted octanol–water partition coefficient (Wildman–Crippen LogP) is 2.21. The third kappa shape index (κ3) is 4.92. The van der Waals surface area contributed by atoms with Crippen molar-refractivity contribution in [3.63, 3.8) is 0 Å². The Morgan fingerprint density at radius 1 is 1.06 bits per heavy atom. The lowest BCUT2D eigenvalue weighted by atomic mass is 10.0. The van der Waals surface area contributed by atoms with E-state index in [4.69, 9.17) is 19.4 Å². The second-order valence-corrected chi connectivity index (χ2v) is 9.41. The summed E-state index contributed by atoms with van der Waals surface area (Å²) in [6.07, 6.45) is 1.90. The molecule has 2 aromatic heterocycles. The number of morpholine rings is 1. The molecule has 9 nitrogen and oxygen atoms in total. The van der Waals surface area contributed by atoms with Gasteiger partial charge < -0.3 is 14.8 Å². The van der Waals surface area contributed by atoms with E-state index < -0.39 is 0 Å². The number of hydrogen-bond donors (Lipinski definition) is 1. The summed E-state index contributed by atoms with van der Waals surface area (Å²) < 4.78 is 12.8. The molecule has 5 heterocycles. The molecule has 0 saturated carbocycles. The Kier molecular flexibility index (Phi) is 7.03. The topological polar surface area (TPSA) is 93.9 Å². The van der Waals surface area contributed by atoms with Crippen molar-refractivity contribution < 1.29 is 9.47 Å². The molecule has 0 unspecified atom stereocenters. The van der Waals surface area contributed by atoms with E-state index in [1.54, 1.807) is 0 Å². The fourth-order valence-corrected chi connectivity index (χ4v) is 5.00. The van der Waals surface area contributed by atoms with Crippen molar-refractivity contribution in [1.29, 1.82) is 0 Å². The highest BCUT2D eigenvalue weighted by atomic mass is 16.5. The Morgan fingerprint density at radius 3 is 2.56 bits per heavy atom. The van der Waals surface area contributed by atoms with Crippen molar-refractivity contribution in [2.45, 2.75) is 33.2 Å². The van der Waals surface area contributed by atoms with E-state index in [9.17, 15) is 4.79 Å². The number of nitrogens with zero attached hydrogens (tertiary/aromatic N) is 5. The molecule has 2 saturated heterocycles. The summed E-state index contributed by atoms with van der Waals surface area (Å²) in [6, 6.07) is 3.98. The van der Waals surface area contributed by atoms with E-state index >= 15 is 0 Å². The smallest absolute Gasteiger partial charge is 0.294 e. The molecule has 34 heavy (non-hydrogen) atoms. The third-order valence-electron chi connectivity index (χ3n) is 6.99. The molecule has 182 valence electrons. The minimum atomic E-state index is -0.104. The summed E-state index contributed by atoms with van der Waals surface area (Å²) in [4.78, 5) is 30.2. The number of ether oxygens (including phenoxy) is 2. The van der Waals surface area contributed by atoms with Crippen LogP contribution in [-0.4, -0.2) is 84.3 Å². The Morgan fingerprint density at radius 2 is 1.82 bits per heavy atom. The molecule has 0 bridgehead atoms. The average molecular weight is 467 g/mol. The van der Waals surface area contributed by atoms with Crippen LogP contribution in [0.3, 0.4) is 0 Å². The first-order chi connectivity index (χ1) is 16.6. The normalized spacial score (nSPS) is 20.2. The second kappa shape index (κ2) is 10.3. The fourth-order valence-electron chi connectivity index (χ4n) is 5.00. The molecular weight excluding hydrogens is 432 g/mol. The van der Waals surface area contributed by atoms with Crippen molar-refractivity contribution in [1.82, 2.24) is 19.4 Å². The van der Waals surface area contributed by atoms with Crippen LogP contribution in [0.25, 0.3) is 16.7 Å². The van der Waals surface area contributed by atoms with Crippen molar-refractivity contribution in [2.75, 3.05) is 64.5 Å². The highest BCUT2D eigenvalue weighted by molar-refractivity contribution is 6.24. The van der Waals surface area contributed by atoms with Gasteiger partial charge in [0.15, 0.2) is 11.5 Å².